The van der Waals surface area contributed by atoms with Crippen LogP contribution in [-0.2, 0) is 9.53 Å². The Kier molecular flexibility index (Phi) is 4.91. The first-order valence-corrected chi connectivity index (χ1v) is 8.06. The Morgan fingerprint density at radius 3 is 2.39 bits per heavy atom. The zero-order valence-electron chi connectivity index (χ0n) is 13.0. The van der Waals surface area contributed by atoms with E-state index in [2.05, 4.69) is 5.32 Å². The molecule has 2 aliphatic heterocycles. The van der Waals surface area contributed by atoms with Crippen LogP contribution >= 0.6 is 0 Å². The SMILES string of the molecule is O=C(F)c1ccc(NC2CCN(C(=O)C3CCOC3)CC2)cc1. The quantitative estimate of drug-likeness (QED) is 0.865. The number of benzene rings is 1. The van der Waals surface area contributed by atoms with E-state index >= 15 is 0 Å². The van der Waals surface area contributed by atoms with E-state index in [-0.39, 0.29) is 23.4 Å². The van der Waals surface area contributed by atoms with Gasteiger partial charge >= 0.3 is 6.04 Å². The number of likely N-dealkylation sites (tertiary alicyclic amines) is 1. The Bertz CT molecular complexity index is 562. The van der Waals surface area contributed by atoms with Crippen molar-refractivity contribution in [1.82, 2.24) is 4.90 Å². The number of carbonyl (C=O) groups is 2. The number of carbonyl (C=O) groups excluding carboxylic acids is 2. The molecule has 6 heteroatoms. The molecule has 1 aromatic carbocycles. The van der Waals surface area contributed by atoms with Gasteiger partial charge in [-0.1, -0.05) is 0 Å². The van der Waals surface area contributed by atoms with Crippen molar-refractivity contribution in [3.63, 3.8) is 0 Å². The number of rotatable bonds is 4. The maximum Gasteiger partial charge on any atom is 0.332 e. The second-order valence-electron chi connectivity index (χ2n) is 6.16. The van der Waals surface area contributed by atoms with Crippen LogP contribution in [0.5, 0.6) is 0 Å². The number of amides is 1. The average molecular weight is 320 g/mol. The van der Waals surface area contributed by atoms with E-state index in [4.69, 9.17) is 4.74 Å². The first-order chi connectivity index (χ1) is 11.1. The third-order valence-electron chi connectivity index (χ3n) is 4.57. The van der Waals surface area contributed by atoms with Crippen molar-refractivity contribution in [1.29, 1.82) is 0 Å². The molecule has 2 aliphatic rings. The summed E-state index contributed by atoms with van der Waals surface area (Å²) in [7, 11) is 0. The summed E-state index contributed by atoms with van der Waals surface area (Å²) in [5, 5.41) is 3.38. The summed E-state index contributed by atoms with van der Waals surface area (Å²) in [6.07, 6.45) is 2.59. The van der Waals surface area contributed by atoms with Crippen molar-refractivity contribution in [2.45, 2.75) is 25.3 Å². The fourth-order valence-corrected chi connectivity index (χ4v) is 3.16. The van der Waals surface area contributed by atoms with Crippen LogP contribution in [0.1, 0.15) is 29.6 Å². The number of nitrogens with one attached hydrogen (secondary N) is 1. The molecule has 0 saturated carbocycles. The van der Waals surface area contributed by atoms with Crippen molar-refractivity contribution in [3.8, 4) is 0 Å². The van der Waals surface area contributed by atoms with Gasteiger partial charge in [-0.05, 0) is 43.5 Å². The Balaban J connectivity index is 1.48. The summed E-state index contributed by atoms with van der Waals surface area (Å²) in [6.45, 7) is 2.73. The minimum absolute atomic E-state index is 0.0327. The summed E-state index contributed by atoms with van der Waals surface area (Å²) < 4.78 is 17.9. The molecular formula is C17H21FN2O3. The van der Waals surface area contributed by atoms with E-state index in [0.717, 1.165) is 38.0 Å². The van der Waals surface area contributed by atoms with Crippen molar-refractivity contribution in [2.75, 3.05) is 31.6 Å². The maximum atomic E-state index is 12.6. The standard InChI is InChI=1S/C17H21FN2O3/c18-16(21)12-1-3-14(4-2-12)19-15-5-8-20(9-6-15)17(22)13-7-10-23-11-13/h1-4,13,15,19H,5-11H2. The van der Waals surface area contributed by atoms with Crippen molar-refractivity contribution in [2.24, 2.45) is 5.92 Å². The van der Waals surface area contributed by atoms with Crippen LogP contribution in [-0.4, -0.2) is 49.2 Å². The molecule has 2 fully saturated rings. The highest BCUT2D eigenvalue weighted by Gasteiger charge is 2.30. The van der Waals surface area contributed by atoms with Crippen molar-refractivity contribution < 1.29 is 18.7 Å². The van der Waals surface area contributed by atoms with Gasteiger partial charge < -0.3 is 15.0 Å². The molecule has 0 bridgehead atoms. The van der Waals surface area contributed by atoms with Gasteiger partial charge in [0.15, 0.2) is 0 Å². The average Bonchev–Trinajstić information content (AvgIpc) is 3.10. The fourth-order valence-electron chi connectivity index (χ4n) is 3.16. The molecule has 1 aromatic rings. The van der Waals surface area contributed by atoms with Crippen molar-refractivity contribution in [3.05, 3.63) is 29.8 Å². The number of ether oxygens (including phenoxy) is 1. The molecule has 2 saturated heterocycles. The van der Waals surface area contributed by atoms with Gasteiger partial charge in [0.2, 0.25) is 5.91 Å². The summed E-state index contributed by atoms with van der Waals surface area (Å²) in [6, 6.07) is 5.23. The highest BCUT2D eigenvalue weighted by atomic mass is 19.1. The minimum atomic E-state index is -1.42. The number of hydrogen-bond acceptors (Lipinski definition) is 4. The zero-order chi connectivity index (χ0) is 16.2. The smallest absolute Gasteiger partial charge is 0.332 e. The first-order valence-electron chi connectivity index (χ1n) is 8.06. The van der Waals surface area contributed by atoms with Crippen LogP contribution < -0.4 is 5.32 Å². The van der Waals surface area contributed by atoms with Crippen LogP contribution in [0, 0.1) is 5.92 Å². The van der Waals surface area contributed by atoms with Gasteiger partial charge in [0.1, 0.15) is 0 Å². The normalized spacial score (nSPS) is 22.1. The van der Waals surface area contributed by atoms with Gasteiger partial charge in [0, 0.05) is 31.4 Å². The van der Waals surface area contributed by atoms with Crippen LogP contribution in [0.25, 0.3) is 0 Å². The lowest BCUT2D eigenvalue weighted by Crippen LogP contribution is -2.45. The third-order valence-corrected chi connectivity index (χ3v) is 4.57. The molecule has 0 aromatic heterocycles. The second-order valence-corrected chi connectivity index (χ2v) is 6.16. The molecule has 1 atom stereocenters. The van der Waals surface area contributed by atoms with Crippen LogP contribution in [0.15, 0.2) is 24.3 Å². The van der Waals surface area contributed by atoms with Gasteiger partial charge in [0.25, 0.3) is 0 Å². The van der Waals surface area contributed by atoms with E-state index in [1.807, 2.05) is 4.90 Å². The lowest BCUT2D eigenvalue weighted by atomic mass is 10.0. The molecule has 124 valence electrons. The molecule has 0 spiro atoms. The Morgan fingerprint density at radius 1 is 1.13 bits per heavy atom. The van der Waals surface area contributed by atoms with Gasteiger partial charge in [0.05, 0.1) is 18.1 Å². The van der Waals surface area contributed by atoms with Crippen LogP contribution in [0.3, 0.4) is 0 Å². The largest absolute Gasteiger partial charge is 0.382 e. The molecule has 0 aliphatic carbocycles. The van der Waals surface area contributed by atoms with Gasteiger partial charge in [-0.3, -0.25) is 9.59 Å². The molecule has 1 amide bonds. The minimum Gasteiger partial charge on any atom is -0.382 e. The number of anilines is 1. The third kappa shape index (κ3) is 3.88. The Morgan fingerprint density at radius 2 is 1.83 bits per heavy atom. The number of nitrogens with zero attached hydrogens (tertiary/aromatic N) is 1. The summed E-state index contributed by atoms with van der Waals surface area (Å²) >= 11 is 0. The van der Waals surface area contributed by atoms with Crippen LogP contribution in [0.4, 0.5) is 10.1 Å². The summed E-state index contributed by atoms with van der Waals surface area (Å²) in [4.78, 5) is 24.9. The topological polar surface area (TPSA) is 58.6 Å². The van der Waals surface area contributed by atoms with E-state index in [9.17, 15) is 14.0 Å². The van der Waals surface area contributed by atoms with Gasteiger partial charge in [-0.25, -0.2) is 0 Å². The summed E-state index contributed by atoms with van der Waals surface area (Å²) in [5.74, 6) is 0.247. The van der Waals surface area contributed by atoms with E-state index in [1.54, 1.807) is 12.1 Å². The number of hydrogen-bond donors (Lipinski definition) is 1. The van der Waals surface area contributed by atoms with Gasteiger partial charge in [-0.2, -0.15) is 4.39 Å². The Hall–Kier alpha value is -1.95. The molecule has 5 nitrogen and oxygen atoms in total. The lowest BCUT2D eigenvalue weighted by molar-refractivity contribution is -0.136. The highest BCUT2D eigenvalue weighted by molar-refractivity contribution is 5.88. The lowest BCUT2D eigenvalue weighted by Gasteiger charge is -2.34. The summed E-state index contributed by atoms with van der Waals surface area (Å²) in [5.41, 5.74) is 0.929. The molecule has 2 heterocycles. The molecule has 3 rings (SSSR count). The number of halogens is 1. The van der Waals surface area contributed by atoms with Gasteiger partial charge in [-0.15, -0.1) is 0 Å². The first kappa shape index (κ1) is 15.9. The van der Waals surface area contributed by atoms with E-state index in [1.165, 1.54) is 12.1 Å². The fraction of sp³-hybridized carbons (Fsp3) is 0.529. The molecule has 23 heavy (non-hydrogen) atoms. The zero-order valence-corrected chi connectivity index (χ0v) is 13.0. The molecule has 1 N–H and O–H groups in total. The van der Waals surface area contributed by atoms with E-state index in [0.29, 0.717) is 13.2 Å². The van der Waals surface area contributed by atoms with Crippen LogP contribution in [0.2, 0.25) is 0 Å². The Labute approximate surface area is 134 Å². The second kappa shape index (κ2) is 7.08. The van der Waals surface area contributed by atoms with E-state index < -0.39 is 6.04 Å². The number of piperidine rings is 1. The molecule has 1 unspecified atom stereocenters. The predicted molar refractivity (Wildman–Crippen MR) is 84.0 cm³/mol. The molecular weight excluding hydrogens is 299 g/mol. The molecule has 0 radical (unpaired) electrons. The maximum absolute atomic E-state index is 12.6. The monoisotopic (exact) mass is 320 g/mol. The highest BCUT2D eigenvalue weighted by Crippen LogP contribution is 2.21. The predicted octanol–water partition coefficient (Wildman–Crippen LogP) is 2.24. The van der Waals surface area contributed by atoms with Crippen molar-refractivity contribution >= 4 is 17.6 Å².